The van der Waals surface area contributed by atoms with Crippen molar-refractivity contribution in [3.8, 4) is 0 Å². The number of aliphatic hydroxyl groups is 1. The van der Waals surface area contributed by atoms with Gasteiger partial charge in [-0.3, -0.25) is 0 Å². The van der Waals surface area contributed by atoms with E-state index in [0.717, 1.165) is 10.0 Å². The van der Waals surface area contributed by atoms with Crippen molar-refractivity contribution in [2.75, 3.05) is 11.5 Å². The maximum atomic E-state index is 8.76. The van der Waals surface area contributed by atoms with Crippen molar-refractivity contribution in [3.05, 3.63) is 22.2 Å². The van der Waals surface area contributed by atoms with E-state index in [1.165, 1.54) is 0 Å². The van der Waals surface area contributed by atoms with Crippen LogP contribution in [0.4, 0.5) is 11.4 Å². The Balaban J connectivity index is 3.21. The van der Waals surface area contributed by atoms with Gasteiger partial charge in [0.05, 0.1) is 18.0 Å². The molecule has 0 unspecified atom stereocenters. The van der Waals surface area contributed by atoms with Crippen LogP contribution in [0.25, 0.3) is 0 Å². The predicted octanol–water partition coefficient (Wildman–Crippen LogP) is 1.11. The summed E-state index contributed by atoms with van der Waals surface area (Å²) in [5.74, 6) is 0. The first-order valence-electron chi connectivity index (χ1n) is 3.09. The van der Waals surface area contributed by atoms with Gasteiger partial charge in [-0.05, 0) is 33.6 Å². The first kappa shape index (κ1) is 8.36. The molecule has 0 radical (unpaired) electrons. The van der Waals surface area contributed by atoms with Gasteiger partial charge in [0, 0.05) is 4.47 Å². The monoisotopic (exact) mass is 216 g/mol. The highest BCUT2D eigenvalue weighted by atomic mass is 79.9. The van der Waals surface area contributed by atoms with Crippen LogP contribution in [-0.2, 0) is 6.61 Å². The summed E-state index contributed by atoms with van der Waals surface area (Å²) in [5.41, 5.74) is 12.8. The van der Waals surface area contributed by atoms with E-state index in [-0.39, 0.29) is 6.61 Å². The van der Waals surface area contributed by atoms with Crippen LogP contribution in [0, 0.1) is 0 Å². The molecule has 0 fully saturated rings. The van der Waals surface area contributed by atoms with Crippen LogP contribution in [-0.4, -0.2) is 5.11 Å². The summed E-state index contributed by atoms with van der Waals surface area (Å²) in [7, 11) is 0. The van der Waals surface area contributed by atoms with E-state index in [1.807, 2.05) is 0 Å². The minimum atomic E-state index is -0.0247. The number of halogens is 1. The largest absolute Gasteiger partial charge is 0.397 e. The maximum Gasteiger partial charge on any atom is 0.0692 e. The van der Waals surface area contributed by atoms with Crippen LogP contribution in [0.15, 0.2) is 16.6 Å². The molecule has 1 aromatic rings. The number of anilines is 2. The number of hydrogen-bond acceptors (Lipinski definition) is 3. The predicted molar refractivity (Wildman–Crippen MR) is 48.9 cm³/mol. The Morgan fingerprint density at radius 1 is 1.36 bits per heavy atom. The van der Waals surface area contributed by atoms with Gasteiger partial charge in [0.1, 0.15) is 0 Å². The van der Waals surface area contributed by atoms with Crippen molar-refractivity contribution in [2.45, 2.75) is 6.61 Å². The van der Waals surface area contributed by atoms with E-state index in [9.17, 15) is 0 Å². The highest BCUT2D eigenvalue weighted by Crippen LogP contribution is 2.26. The lowest BCUT2D eigenvalue weighted by atomic mass is 10.2. The summed E-state index contributed by atoms with van der Waals surface area (Å²) >= 11 is 3.22. The van der Waals surface area contributed by atoms with Crippen LogP contribution < -0.4 is 11.5 Å². The highest BCUT2D eigenvalue weighted by molar-refractivity contribution is 9.10. The summed E-state index contributed by atoms with van der Waals surface area (Å²) in [5, 5.41) is 8.76. The minimum Gasteiger partial charge on any atom is -0.397 e. The molecule has 0 aromatic heterocycles. The molecular weight excluding hydrogens is 208 g/mol. The molecule has 1 aromatic carbocycles. The number of rotatable bonds is 1. The molecule has 0 amide bonds. The summed E-state index contributed by atoms with van der Waals surface area (Å²) < 4.78 is 0.724. The second kappa shape index (κ2) is 3.11. The number of benzene rings is 1. The lowest BCUT2D eigenvalue weighted by Gasteiger charge is -2.04. The van der Waals surface area contributed by atoms with Crippen molar-refractivity contribution >= 4 is 27.3 Å². The molecule has 5 N–H and O–H groups in total. The van der Waals surface area contributed by atoms with E-state index in [2.05, 4.69) is 15.9 Å². The van der Waals surface area contributed by atoms with Crippen molar-refractivity contribution in [3.63, 3.8) is 0 Å². The third-order valence-corrected chi connectivity index (χ3v) is 2.06. The number of nitrogen functional groups attached to an aromatic ring is 2. The Morgan fingerprint density at radius 3 is 2.45 bits per heavy atom. The van der Waals surface area contributed by atoms with Crippen LogP contribution >= 0.6 is 15.9 Å². The minimum absolute atomic E-state index is 0.0247. The summed E-state index contributed by atoms with van der Waals surface area (Å²) in [6, 6.07) is 3.39. The van der Waals surface area contributed by atoms with E-state index in [0.29, 0.717) is 11.4 Å². The lowest BCUT2D eigenvalue weighted by Crippen LogP contribution is -1.97. The van der Waals surface area contributed by atoms with Crippen LogP contribution in [0.3, 0.4) is 0 Å². The van der Waals surface area contributed by atoms with Crippen LogP contribution in [0.5, 0.6) is 0 Å². The molecule has 0 atom stereocenters. The number of aliphatic hydroxyl groups excluding tert-OH is 1. The molecule has 60 valence electrons. The maximum absolute atomic E-state index is 8.76. The topological polar surface area (TPSA) is 72.3 Å². The SMILES string of the molecule is Nc1cc(CO)cc(Br)c1N. The van der Waals surface area contributed by atoms with Crippen LogP contribution in [0.2, 0.25) is 0 Å². The summed E-state index contributed by atoms with van der Waals surface area (Å²) in [4.78, 5) is 0. The summed E-state index contributed by atoms with van der Waals surface area (Å²) in [6.07, 6.45) is 0. The summed E-state index contributed by atoms with van der Waals surface area (Å²) in [6.45, 7) is -0.0247. The molecule has 0 aliphatic rings. The zero-order valence-electron chi connectivity index (χ0n) is 5.84. The van der Waals surface area contributed by atoms with Crippen molar-refractivity contribution < 1.29 is 5.11 Å². The van der Waals surface area contributed by atoms with Crippen molar-refractivity contribution in [2.24, 2.45) is 0 Å². The molecule has 1 rings (SSSR count). The van der Waals surface area contributed by atoms with Gasteiger partial charge < -0.3 is 16.6 Å². The van der Waals surface area contributed by atoms with Gasteiger partial charge in [0.25, 0.3) is 0 Å². The zero-order chi connectivity index (χ0) is 8.43. The quantitative estimate of drug-likeness (QED) is 0.617. The van der Waals surface area contributed by atoms with Gasteiger partial charge >= 0.3 is 0 Å². The molecular formula is C7H9BrN2O. The first-order chi connectivity index (χ1) is 5.15. The molecule has 4 heteroatoms. The number of hydrogen-bond donors (Lipinski definition) is 3. The molecule has 0 aliphatic heterocycles. The highest BCUT2D eigenvalue weighted by Gasteiger charge is 2.01. The van der Waals surface area contributed by atoms with Gasteiger partial charge in [-0.15, -0.1) is 0 Å². The molecule has 11 heavy (non-hydrogen) atoms. The molecule has 0 aliphatic carbocycles. The van der Waals surface area contributed by atoms with E-state index in [1.54, 1.807) is 12.1 Å². The second-order valence-corrected chi connectivity index (χ2v) is 3.09. The average Bonchev–Trinajstić information content (AvgIpc) is 1.99. The molecule has 0 bridgehead atoms. The molecule has 3 nitrogen and oxygen atoms in total. The average molecular weight is 217 g/mol. The third-order valence-electron chi connectivity index (χ3n) is 1.40. The van der Waals surface area contributed by atoms with Gasteiger partial charge in [-0.2, -0.15) is 0 Å². The van der Waals surface area contributed by atoms with Gasteiger partial charge in [0.15, 0.2) is 0 Å². The molecule has 0 heterocycles. The Hall–Kier alpha value is -0.740. The van der Waals surface area contributed by atoms with E-state index >= 15 is 0 Å². The van der Waals surface area contributed by atoms with Crippen molar-refractivity contribution in [1.82, 2.24) is 0 Å². The van der Waals surface area contributed by atoms with Crippen molar-refractivity contribution in [1.29, 1.82) is 0 Å². The second-order valence-electron chi connectivity index (χ2n) is 2.24. The fraction of sp³-hybridized carbons (Fsp3) is 0.143. The van der Waals surface area contributed by atoms with Gasteiger partial charge in [0.2, 0.25) is 0 Å². The zero-order valence-corrected chi connectivity index (χ0v) is 7.43. The van der Waals surface area contributed by atoms with E-state index < -0.39 is 0 Å². The molecule has 0 spiro atoms. The number of nitrogens with two attached hydrogens (primary N) is 2. The molecule has 0 saturated heterocycles. The smallest absolute Gasteiger partial charge is 0.0692 e. The first-order valence-corrected chi connectivity index (χ1v) is 3.88. The van der Waals surface area contributed by atoms with Gasteiger partial charge in [-0.1, -0.05) is 0 Å². The van der Waals surface area contributed by atoms with E-state index in [4.69, 9.17) is 16.6 Å². The van der Waals surface area contributed by atoms with Gasteiger partial charge in [-0.25, -0.2) is 0 Å². The Kier molecular flexibility index (Phi) is 2.36. The fourth-order valence-corrected chi connectivity index (χ4v) is 1.31. The lowest BCUT2D eigenvalue weighted by molar-refractivity contribution is 0.282. The fourth-order valence-electron chi connectivity index (χ4n) is 0.789. The standard InChI is InChI=1S/C7H9BrN2O/c8-5-1-4(3-11)2-6(9)7(5)10/h1-2,11H,3,9-10H2. The Morgan fingerprint density at radius 2 is 2.00 bits per heavy atom. The normalized spacial score (nSPS) is 10.0. The van der Waals surface area contributed by atoms with Crippen LogP contribution in [0.1, 0.15) is 5.56 Å². The molecule has 0 saturated carbocycles. The Labute approximate surface area is 73.1 Å². The third kappa shape index (κ3) is 1.64. The Bertz CT molecular complexity index is 252.